The molecule has 1 aliphatic carbocycles. The molecule has 1 saturated carbocycles. The van der Waals surface area contributed by atoms with E-state index in [0.29, 0.717) is 34.9 Å². The molecule has 138 valence electrons. The first-order valence-corrected chi connectivity index (χ1v) is 9.03. The molecule has 1 N–H and O–H groups in total. The van der Waals surface area contributed by atoms with Crippen LogP contribution in [0.3, 0.4) is 0 Å². The van der Waals surface area contributed by atoms with E-state index in [1.165, 1.54) is 12.7 Å². The van der Waals surface area contributed by atoms with E-state index in [1.807, 2.05) is 18.2 Å². The Morgan fingerprint density at radius 2 is 1.96 bits per heavy atom. The summed E-state index contributed by atoms with van der Waals surface area (Å²) in [7, 11) is 1.33. The molecule has 2 aromatic carbocycles. The predicted molar refractivity (Wildman–Crippen MR) is 102 cm³/mol. The first kappa shape index (κ1) is 17.4. The van der Waals surface area contributed by atoms with Crippen LogP contribution in [0.1, 0.15) is 34.6 Å². The Kier molecular flexibility index (Phi) is 4.73. The Hall–Kier alpha value is -2.99. The van der Waals surface area contributed by atoms with Gasteiger partial charge in [-0.3, -0.25) is 9.69 Å². The number of fused-ring (bicyclic) bond motifs is 1. The second-order valence-corrected chi connectivity index (χ2v) is 6.86. The van der Waals surface area contributed by atoms with E-state index in [9.17, 15) is 9.59 Å². The second-order valence-electron chi connectivity index (χ2n) is 6.86. The molecule has 1 aliphatic rings. The molecule has 0 unspecified atom stereocenters. The number of carbonyl (C=O) groups is 1. The molecule has 3 aromatic rings. The van der Waals surface area contributed by atoms with Crippen LogP contribution in [0.25, 0.3) is 10.9 Å². The summed E-state index contributed by atoms with van der Waals surface area (Å²) in [5.41, 5.74) is 1.94. The fourth-order valence-corrected chi connectivity index (χ4v) is 3.27. The third-order valence-electron chi connectivity index (χ3n) is 4.82. The molecule has 0 radical (unpaired) electrons. The normalized spacial score (nSPS) is 13.9. The molecule has 0 atom stereocenters. The predicted octanol–water partition coefficient (Wildman–Crippen LogP) is 2.87. The van der Waals surface area contributed by atoms with Crippen LogP contribution in [0.2, 0.25) is 0 Å². The van der Waals surface area contributed by atoms with Crippen molar-refractivity contribution in [2.75, 3.05) is 7.11 Å². The van der Waals surface area contributed by atoms with Gasteiger partial charge in [0.2, 0.25) is 0 Å². The van der Waals surface area contributed by atoms with Crippen LogP contribution in [0, 0.1) is 0 Å². The van der Waals surface area contributed by atoms with Crippen LogP contribution in [0.5, 0.6) is 0 Å². The largest absolute Gasteiger partial charge is 0.465 e. The standard InChI is InChI=1S/C21H21N3O3/c1-27-21(26)15-7-10-17-18(11-15)22-19(23-20(17)25)13-24(16-8-9-16)12-14-5-3-2-4-6-14/h2-7,10-11,16H,8-9,12-13H2,1H3,(H,22,23,25). The van der Waals surface area contributed by atoms with Crippen molar-refractivity contribution in [3.63, 3.8) is 0 Å². The van der Waals surface area contributed by atoms with E-state index >= 15 is 0 Å². The summed E-state index contributed by atoms with van der Waals surface area (Å²) >= 11 is 0. The average Bonchev–Trinajstić information content (AvgIpc) is 3.52. The number of methoxy groups -OCH3 is 1. The SMILES string of the molecule is COC(=O)c1ccc2c(=O)[nH]c(CN(Cc3ccccc3)C3CC3)nc2c1. The van der Waals surface area contributed by atoms with Gasteiger partial charge in [-0.25, -0.2) is 9.78 Å². The van der Waals surface area contributed by atoms with Gasteiger partial charge < -0.3 is 9.72 Å². The Balaban J connectivity index is 1.63. The molecular formula is C21H21N3O3. The fraction of sp³-hybridized carbons (Fsp3) is 0.286. The summed E-state index contributed by atoms with van der Waals surface area (Å²) in [4.78, 5) is 34.0. The van der Waals surface area contributed by atoms with Crippen molar-refractivity contribution in [1.82, 2.24) is 14.9 Å². The highest BCUT2D eigenvalue weighted by Crippen LogP contribution is 2.29. The zero-order valence-corrected chi connectivity index (χ0v) is 15.1. The highest BCUT2D eigenvalue weighted by molar-refractivity contribution is 5.93. The lowest BCUT2D eigenvalue weighted by molar-refractivity contribution is 0.0601. The van der Waals surface area contributed by atoms with Crippen molar-refractivity contribution < 1.29 is 9.53 Å². The molecular weight excluding hydrogens is 342 g/mol. The summed E-state index contributed by atoms with van der Waals surface area (Å²) in [6.45, 7) is 1.38. The van der Waals surface area contributed by atoms with Crippen LogP contribution in [-0.2, 0) is 17.8 Å². The van der Waals surface area contributed by atoms with Gasteiger partial charge in [0, 0.05) is 12.6 Å². The van der Waals surface area contributed by atoms with Crippen LogP contribution < -0.4 is 5.56 Å². The molecule has 0 saturated heterocycles. The second kappa shape index (κ2) is 7.32. The number of hydrogen-bond acceptors (Lipinski definition) is 5. The van der Waals surface area contributed by atoms with Crippen molar-refractivity contribution in [2.45, 2.75) is 32.0 Å². The summed E-state index contributed by atoms with van der Waals surface area (Å²) in [5, 5.41) is 0.465. The monoisotopic (exact) mass is 363 g/mol. The van der Waals surface area contributed by atoms with Crippen molar-refractivity contribution in [1.29, 1.82) is 0 Å². The molecule has 1 aromatic heterocycles. The Bertz CT molecular complexity index is 1030. The average molecular weight is 363 g/mol. The molecule has 1 fully saturated rings. The van der Waals surface area contributed by atoms with Gasteiger partial charge in [-0.1, -0.05) is 30.3 Å². The maximum Gasteiger partial charge on any atom is 0.337 e. The number of benzene rings is 2. The topological polar surface area (TPSA) is 75.3 Å². The van der Waals surface area contributed by atoms with Gasteiger partial charge in [0.05, 0.1) is 30.1 Å². The number of rotatable bonds is 6. The van der Waals surface area contributed by atoms with E-state index in [0.717, 1.165) is 19.4 Å². The van der Waals surface area contributed by atoms with Gasteiger partial charge in [-0.05, 0) is 36.6 Å². The van der Waals surface area contributed by atoms with Crippen molar-refractivity contribution >= 4 is 16.9 Å². The number of esters is 1. The number of aromatic amines is 1. The third-order valence-corrected chi connectivity index (χ3v) is 4.82. The number of ether oxygens (including phenoxy) is 1. The molecule has 1 heterocycles. The lowest BCUT2D eigenvalue weighted by Crippen LogP contribution is -2.27. The first-order chi connectivity index (χ1) is 13.1. The minimum Gasteiger partial charge on any atom is -0.465 e. The smallest absolute Gasteiger partial charge is 0.337 e. The molecule has 0 amide bonds. The van der Waals surface area contributed by atoms with Gasteiger partial charge >= 0.3 is 5.97 Å². The molecule has 4 rings (SSSR count). The highest BCUT2D eigenvalue weighted by atomic mass is 16.5. The van der Waals surface area contributed by atoms with Gasteiger partial charge in [0.25, 0.3) is 5.56 Å². The zero-order chi connectivity index (χ0) is 18.8. The molecule has 0 spiro atoms. The number of carbonyl (C=O) groups excluding carboxylic acids is 1. The number of nitrogens with one attached hydrogen (secondary N) is 1. The van der Waals surface area contributed by atoms with Crippen molar-refractivity contribution in [3.8, 4) is 0 Å². The van der Waals surface area contributed by atoms with E-state index in [-0.39, 0.29) is 5.56 Å². The summed E-state index contributed by atoms with van der Waals surface area (Å²) in [5.74, 6) is 0.168. The lowest BCUT2D eigenvalue weighted by atomic mass is 10.1. The van der Waals surface area contributed by atoms with Crippen LogP contribution >= 0.6 is 0 Å². The molecule has 27 heavy (non-hydrogen) atoms. The fourth-order valence-electron chi connectivity index (χ4n) is 3.27. The number of hydrogen-bond donors (Lipinski definition) is 1. The van der Waals surface area contributed by atoms with Gasteiger partial charge in [-0.2, -0.15) is 0 Å². The number of H-pyrrole nitrogens is 1. The van der Waals surface area contributed by atoms with E-state index in [2.05, 4.69) is 27.0 Å². The van der Waals surface area contributed by atoms with Gasteiger partial charge in [0.1, 0.15) is 5.82 Å². The Morgan fingerprint density at radius 3 is 2.67 bits per heavy atom. The zero-order valence-electron chi connectivity index (χ0n) is 15.1. The number of aromatic nitrogens is 2. The van der Waals surface area contributed by atoms with E-state index in [4.69, 9.17) is 4.74 Å². The van der Waals surface area contributed by atoms with Gasteiger partial charge in [0.15, 0.2) is 0 Å². The minimum atomic E-state index is -0.441. The molecule has 0 bridgehead atoms. The van der Waals surface area contributed by atoms with Crippen molar-refractivity contribution in [2.24, 2.45) is 0 Å². The van der Waals surface area contributed by atoms with E-state index in [1.54, 1.807) is 18.2 Å². The van der Waals surface area contributed by atoms with Crippen molar-refractivity contribution in [3.05, 3.63) is 75.8 Å². The third kappa shape index (κ3) is 3.90. The maximum absolute atomic E-state index is 12.4. The van der Waals surface area contributed by atoms with Crippen LogP contribution in [0.15, 0.2) is 53.3 Å². The summed E-state index contributed by atoms with van der Waals surface area (Å²) in [6.07, 6.45) is 2.33. The summed E-state index contributed by atoms with van der Waals surface area (Å²) < 4.78 is 4.76. The quantitative estimate of drug-likeness (QED) is 0.682. The number of nitrogens with zero attached hydrogens (tertiary/aromatic N) is 2. The first-order valence-electron chi connectivity index (χ1n) is 9.03. The Morgan fingerprint density at radius 1 is 1.19 bits per heavy atom. The van der Waals surface area contributed by atoms with Crippen LogP contribution in [0.4, 0.5) is 0 Å². The van der Waals surface area contributed by atoms with Crippen LogP contribution in [-0.4, -0.2) is 34.0 Å². The Labute approximate surface area is 156 Å². The molecule has 6 heteroatoms. The lowest BCUT2D eigenvalue weighted by Gasteiger charge is -2.21. The summed E-state index contributed by atoms with van der Waals surface area (Å²) in [6, 6.07) is 15.6. The maximum atomic E-state index is 12.4. The van der Waals surface area contributed by atoms with Gasteiger partial charge in [-0.15, -0.1) is 0 Å². The highest BCUT2D eigenvalue weighted by Gasteiger charge is 2.29. The van der Waals surface area contributed by atoms with E-state index < -0.39 is 5.97 Å². The molecule has 6 nitrogen and oxygen atoms in total. The molecule has 0 aliphatic heterocycles. The minimum absolute atomic E-state index is 0.193.